The van der Waals surface area contributed by atoms with Crippen LogP contribution in [0.15, 0.2) is 48.5 Å². The Morgan fingerprint density at radius 1 is 1.09 bits per heavy atom. The molecule has 1 atom stereocenters. The topological polar surface area (TPSA) is 115 Å². The van der Waals surface area contributed by atoms with Gasteiger partial charge < -0.3 is 21.2 Å². The number of carbonyl (C=O) groups is 1. The maximum Gasteiger partial charge on any atom is 0.258 e. The summed E-state index contributed by atoms with van der Waals surface area (Å²) in [5.41, 5.74) is 9.57. The molecule has 0 saturated heterocycles. The summed E-state index contributed by atoms with van der Waals surface area (Å²) in [5.74, 6) is 4.04. The molecule has 2 aromatic carbocycles. The van der Waals surface area contributed by atoms with Crippen LogP contribution in [0.2, 0.25) is 0 Å². The lowest BCUT2D eigenvalue weighted by Gasteiger charge is -2.15. The van der Waals surface area contributed by atoms with Gasteiger partial charge in [-0.25, -0.2) is 13.8 Å². The number of halogens is 2. The van der Waals surface area contributed by atoms with Crippen LogP contribution in [-0.4, -0.2) is 17.0 Å². The van der Waals surface area contributed by atoms with E-state index in [-0.39, 0.29) is 28.9 Å². The van der Waals surface area contributed by atoms with E-state index in [9.17, 15) is 13.6 Å². The molecule has 1 aromatic heterocycles. The fraction of sp³-hybridized carbons (Fsp3) is 0.280. The van der Waals surface area contributed by atoms with Crippen molar-refractivity contribution >= 4 is 23.1 Å². The van der Waals surface area contributed by atoms with Crippen LogP contribution in [0.4, 0.5) is 26.0 Å². The first-order valence-corrected chi connectivity index (χ1v) is 11.2. The maximum absolute atomic E-state index is 14.4. The summed E-state index contributed by atoms with van der Waals surface area (Å²) in [7, 11) is 0. The highest BCUT2D eigenvalue weighted by Gasteiger charge is 2.30. The molecular formula is C25H29F2N5O2. The van der Waals surface area contributed by atoms with E-state index < -0.39 is 17.5 Å². The minimum atomic E-state index is -0.725. The number of anilines is 3. The standard InChI is InChI=1S/C23H23F2N5O2.C2H6/c1-12(13-2-3-13)32-21-9-5-15(11-18(21)25)28-23(31)16-10-14(4-6-17(16)24)19-7-8-20(30-27)22(26)29-19;1-2/h4-13,30H,2-3,27H2,1H3,(H2,26,29)(H,28,31);1-2H3. The molecule has 4 rings (SSSR count). The van der Waals surface area contributed by atoms with E-state index in [1.54, 1.807) is 12.1 Å². The number of amides is 1. The number of rotatable bonds is 7. The van der Waals surface area contributed by atoms with Crippen molar-refractivity contribution in [2.45, 2.75) is 39.7 Å². The van der Waals surface area contributed by atoms with Crippen molar-refractivity contribution in [1.29, 1.82) is 0 Å². The van der Waals surface area contributed by atoms with E-state index in [0.717, 1.165) is 25.0 Å². The Kier molecular flexibility index (Phi) is 8.01. The number of nitrogens with one attached hydrogen (secondary N) is 2. The van der Waals surface area contributed by atoms with E-state index in [2.05, 4.69) is 15.7 Å². The number of nitrogen functional groups attached to an aromatic ring is 2. The van der Waals surface area contributed by atoms with Crippen LogP contribution in [0.3, 0.4) is 0 Å². The molecule has 34 heavy (non-hydrogen) atoms. The van der Waals surface area contributed by atoms with Crippen LogP contribution in [0.5, 0.6) is 5.75 Å². The normalized spacial score (nSPS) is 13.4. The molecule has 9 heteroatoms. The number of hydrazine groups is 1. The minimum Gasteiger partial charge on any atom is -0.487 e. The predicted molar refractivity (Wildman–Crippen MR) is 130 cm³/mol. The van der Waals surface area contributed by atoms with Gasteiger partial charge in [-0.05, 0) is 68.1 Å². The molecule has 180 valence electrons. The molecule has 1 fully saturated rings. The van der Waals surface area contributed by atoms with Gasteiger partial charge in [-0.15, -0.1) is 0 Å². The van der Waals surface area contributed by atoms with Gasteiger partial charge in [0.1, 0.15) is 11.6 Å². The average molecular weight is 470 g/mol. The second kappa shape index (κ2) is 10.9. The van der Waals surface area contributed by atoms with Crippen molar-refractivity contribution in [3.8, 4) is 17.0 Å². The molecule has 1 unspecified atom stereocenters. The molecule has 0 radical (unpaired) electrons. The molecule has 6 N–H and O–H groups in total. The maximum atomic E-state index is 14.4. The number of pyridine rings is 1. The van der Waals surface area contributed by atoms with Crippen molar-refractivity contribution in [3.63, 3.8) is 0 Å². The Morgan fingerprint density at radius 3 is 2.44 bits per heavy atom. The van der Waals surface area contributed by atoms with Gasteiger partial charge in [-0.1, -0.05) is 13.8 Å². The molecule has 1 heterocycles. The Hall–Kier alpha value is -3.72. The van der Waals surface area contributed by atoms with E-state index in [0.29, 0.717) is 22.9 Å². The van der Waals surface area contributed by atoms with Gasteiger partial charge in [-0.2, -0.15) is 0 Å². The van der Waals surface area contributed by atoms with Crippen molar-refractivity contribution < 1.29 is 18.3 Å². The van der Waals surface area contributed by atoms with Crippen LogP contribution in [0.25, 0.3) is 11.3 Å². The quantitative estimate of drug-likeness (QED) is 0.274. The van der Waals surface area contributed by atoms with Crippen molar-refractivity contribution in [2.75, 3.05) is 16.5 Å². The molecule has 0 bridgehead atoms. The summed E-state index contributed by atoms with van der Waals surface area (Å²) in [6, 6.07) is 11.4. The number of hydrogen-bond donors (Lipinski definition) is 4. The highest BCUT2D eigenvalue weighted by molar-refractivity contribution is 6.05. The SMILES string of the molecule is CC.CC(Oc1ccc(NC(=O)c2cc(-c3ccc(NN)c(N)n3)ccc2F)cc1F)C1CC1. The largest absolute Gasteiger partial charge is 0.487 e. The van der Waals surface area contributed by atoms with E-state index >= 15 is 0 Å². The summed E-state index contributed by atoms with van der Waals surface area (Å²) >= 11 is 0. The van der Waals surface area contributed by atoms with Crippen LogP contribution in [0, 0.1) is 17.6 Å². The number of nitrogens with zero attached hydrogens (tertiary/aromatic N) is 1. The van der Waals surface area contributed by atoms with E-state index in [1.807, 2.05) is 20.8 Å². The van der Waals surface area contributed by atoms with Crippen molar-refractivity contribution in [2.24, 2.45) is 11.8 Å². The summed E-state index contributed by atoms with van der Waals surface area (Å²) < 4.78 is 34.5. The number of nitrogens with two attached hydrogens (primary N) is 2. The third-order valence-corrected chi connectivity index (χ3v) is 5.38. The Balaban J connectivity index is 0.00000158. The van der Waals surface area contributed by atoms with Gasteiger partial charge in [0.2, 0.25) is 0 Å². The van der Waals surface area contributed by atoms with Crippen molar-refractivity contribution in [1.82, 2.24) is 4.98 Å². The first-order valence-electron chi connectivity index (χ1n) is 11.2. The lowest BCUT2D eigenvalue weighted by molar-refractivity contribution is 0.102. The van der Waals surface area contributed by atoms with Gasteiger partial charge in [0.05, 0.1) is 23.0 Å². The molecular weight excluding hydrogens is 440 g/mol. The minimum absolute atomic E-state index is 0.0703. The van der Waals surface area contributed by atoms with Crippen LogP contribution < -0.4 is 27.1 Å². The Bertz CT molecular complexity index is 1170. The predicted octanol–water partition coefficient (Wildman–Crippen LogP) is 5.35. The van der Waals surface area contributed by atoms with Crippen LogP contribution >= 0.6 is 0 Å². The summed E-state index contributed by atoms with van der Waals surface area (Å²) in [6.45, 7) is 5.91. The molecule has 1 aliphatic carbocycles. The molecule has 3 aromatic rings. The second-order valence-electron chi connectivity index (χ2n) is 7.73. The third kappa shape index (κ3) is 5.79. The van der Waals surface area contributed by atoms with Crippen LogP contribution in [0.1, 0.15) is 44.0 Å². The number of ether oxygens (including phenoxy) is 1. The van der Waals surface area contributed by atoms with Gasteiger partial charge >= 0.3 is 0 Å². The number of benzene rings is 2. The van der Waals surface area contributed by atoms with E-state index in [1.165, 1.54) is 24.3 Å². The third-order valence-electron chi connectivity index (χ3n) is 5.38. The van der Waals surface area contributed by atoms with E-state index in [4.69, 9.17) is 16.3 Å². The summed E-state index contributed by atoms with van der Waals surface area (Å²) in [5, 5.41) is 2.52. The molecule has 0 spiro atoms. The number of hydrogen-bond acceptors (Lipinski definition) is 6. The fourth-order valence-corrected chi connectivity index (χ4v) is 3.35. The molecule has 1 aliphatic rings. The molecule has 0 aliphatic heterocycles. The molecule has 1 saturated carbocycles. The zero-order chi connectivity index (χ0) is 24.8. The highest BCUT2D eigenvalue weighted by atomic mass is 19.1. The van der Waals surface area contributed by atoms with Crippen molar-refractivity contribution in [3.05, 3.63) is 65.7 Å². The van der Waals surface area contributed by atoms with Gasteiger partial charge in [-0.3, -0.25) is 10.6 Å². The zero-order valence-corrected chi connectivity index (χ0v) is 19.4. The first kappa shape index (κ1) is 24.9. The highest BCUT2D eigenvalue weighted by Crippen LogP contribution is 2.35. The van der Waals surface area contributed by atoms with Gasteiger partial charge in [0.25, 0.3) is 5.91 Å². The van der Waals surface area contributed by atoms with Gasteiger partial charge in [0, 0.05) is 17.3 Å². The lowest BCUT2D eigenvalue weighted by atomic mass is 10.1. The Labute approximate surface area is 197 Å². The zero-order valence-electron chi connectivity index (χ0n) is 19.4. The van der Waals surface area contributed by atoms with Gasteiger partial charge in [0.15, 0.2) is 11.6 Å². The first-order chi connectivity index (χ1) is 16.4. The number of carbonyl (C=O) groups excluding carboxylic acids is 1. The summed E-state index contributed by atoms with van der Waals surface area (Å²) in [6.07, 6.45) is 2.09. The number of aromatic nitrogens is 1. The average Bonchev–Trinajstić information content (AvgIpc) is 3.68. The summed E-state index contributed by atoms with van der Waals surface area (Å²) in [4.78, 5) is 16.9. The fourth-order valence-electron chi connectivity index (χ4n) is 3.35. The second-order valence-corrected chi connectivity index (χ2v) is 7.73. The smallest absolute Gasteiger partial charge is 0.258 e. The lowest BCUT2D eigenvalue weighted by Crippen LogP contribution is -2.16. The monoisotopic (exact) mass is 469 g/mol. The van der Waals surface area contributed by atoms with Crippen LogP contribution in [-0.2, 0) is 0 Å². The molecule has 1 amide bonds. The Morgan fingerprint density at radius 2 is 1.82 bits per heavy atom. The molecule has 7 nitrogen and oxygen atoms in total.